The van der Waals surface area contributed by atoms with Crippen molar-refractivity contribution in [1.29, 1.82) is 0 Å². The maximum atomic E-state index is 13.2. The predicted octanol–water partition coefficient (Wildman–Crippen LogP) is 5.41. The van der Waals surface area contributed by atoms with Gasteiger partial charge in [0.2, 0.25) is 11.8 Å². The van der Waals surface area contributed by atoms with Crippen molar-refractivity contribution in [2.24, 2.45) is 0 Å². The first kappa shape index (κ1) is 18.5. The van der Waals surface area contributed by atoms with Crippen LogP contribution < -0.4 is 5.32 Å². The number of fused-ring (bicyclic) bond motifs is 1. The molecule has 0 aliphatic heterocycles. The van der Waals surface area contributed by atoms with Crippen LogP contribution in [0.4, 0.5) is 10.1 Å². The van der Waals surface area contributed by atoms with Crippen LogP contribution in [-0.4, -0.2) is 21.9 Å². The smallest absolute Gasteiger partial charge is 0.277 e. The SMILES string of the molecule is O=C(CSc1nnc(-c2ccc3ccccc3c2)o1)Nc1ccc(F)c(Cl)c1. The van der Waals surface area contributed by atoms with Gasteiger partial charge >= 0.3 is 0 Å². The van der Waals surface area contributed by atoms with Gasteiger partial charge in [0.05, 0.1) is 10.8 Å². The van der Waals surface area contributed by atoms with Crippen LogP contribution in [0.1, 0.15) is 0 Å². The van der Waals surface area contributed by atoms with Gasteiger partial charge in [-0.05, 0) is 41.1 Å². The first-order chi connectivity index (χ1) is 13.6. The molecule has 1 aromatic heterocycles. The molecule has 0 aliphatic rings. The van der Waals surface area contributed by atoms with Gasteiger partial charge in [-0.3, -0.25) is 4.79 Å². The van der Waals surface area contributed by atoms with Gasteiger partial charge in [0, 0.05) is 11.3 Å². The molecule has 4 aromatic rings. The van der Waals surface area contributed by atoms with Crippen LogP contribution in [0.3, 0.4) is 0 Å². The van der Waals surface area contributed by atoms with E-state index in [1.54, 1.807) is 0 Å². The molecule has 1 amide bonds. The van der Waals surface area contributed by atoms with Gasteiger partial charge < -0.3 is 9.73 Å². The Morgan fingerprint density at radius 2 is 1.89 bits per heavy atom. The van der Waals surface area contributed by atoms with Gasteiger partial charge in [-0.1, -0.05) is 53.7 Å². The summed E-state index contributed by atoms with van der Waals surface area (Å²) in [7, 11) is 0. The van der Waals surface area contributed by atoms with E-state index in [1.807, 2.05) is 42.5 Å². The summed E-state index contributed by atoms with van der Waals surface area (Å²) < 4.78 is 18.8. The maximum Gasteiger partial charge on any atom is 0.277 e. The van der Waals surface area contributed by atoms with Gasteiger partial charge in [0.15, 0.2) is 0 Å². The van der Waals surface area contributed by atoms with Crippen LogP contribution >= 0.6 is 23.4 Å². The monoisotopic (exact) mass is 413 g/mol. The van der Waals surface area contributed by atoms with Crippen molar-refractivity contribution < 1.29 is 13.6 Å². The Bertz CT molecular complexity index is 1170. The Balaban J connectivity index is 1.40. The van der Waals surface area contributed by atoms with Gasteiger partial charge in [-0.25, -0.2) is 4.39 Å². The van der Waals surface area contributed by atoms with Gasteiger partial charge in [0.25, 0.3) is 5.22 Å². The van der Waals surface area contributed by atoms with Crippen LogP contribution in [0.2, 0.25) is 5.02 Å². The molecule has 0 spiro atoms. The third-order valence-corrected chi connectivity index (χ3v) is 5.04. The number of halogens is 2. The zero-order chi connectivity index (χ0) is 19.5. The zero-order valence-corrected chi connectivity index (χ0v) is 15.9. The first-order valence-electron chi connectivity index (χ1n) is 8.29. The fraction of sp³-hybridized carbons (Fsp3) is 0.0500. The summed E-state index contributed by atoms with van der Waals surface area (Å²) in [6, 6.07) is 17.8. The van der Waals surface area contributed by atoms with Gasteiger partial charge in [-0.2, -0.15) is 0 Å². The lowest BCUT2D eigenvalue weighted by Crippen LogP contribution is -2.14. The summed E-state index contributed by atoms with van der Waals surface area (Å²) in [6.45, 7) is 0. The maximum absolute atomic E-state index is 13.2. The van der Waals surface area contributed by atoms with Crippen molar-refractivity contribution >= 4 is 45.7 Å². The molecule has 4 rings (SSSR count). The minimum absolute atomic E-state index is 0.0534. The standard InChI is InChI=1S/C20H13ClFN3O2S/c21-16-10-15(7-8-17(16)22)23-18(26)11-28-20-25-24-19(27-20)14-6-5-12-3-1-2-4-13(12)9-14/h1-10H,11H2,(H,23,26). The zero-order valence-electron chi connectivity index (χ0n) is 14.4. The summed E-state index contributed by atoms with van der Waals surface area (Å²) in [5.41, 5.74) is 1.22. The summed E-state index contributed by atoms with van der Waals surface area (Å²) in [4.78, 5) is 12.0. The molecule has 0 radical (unpaired) electrons. The Morgan fingerprint density at radius 3 is 2.71 bits per heavy atom. The summed E-state index contributed by atoms with van der Waals surface area (Å²) in [5, 5.41) is 13.1. The lowest BCUT2D eigenvalue weighted by molar-refractivity contribution is -0.113. The van der Waals surface area contributed by atoms with E-state index >= 15 is 0 Å². The highest BCUT2D eigenvalue weighted by Crippen LogP contribution is 2.26. The number of carbonyl (C=O) groups excluding carboxylic acids is 1. The second-order valence-electron chi connectivity index (χ2n) is 5.90. The van der Waals surface area contributed by atoms with Crippen LogP contribution in [0.5, 0.6) is 0 Å². The third-order valence-electron chi connectivity index (χ3n) is 3.93. The van der Waals surface area contributed by atoms with Crippen LogP contribution in [0.25, 0.3) is 22.2 Å². The number of thioether (sulfide) groups is 1. The summed E-state index contributed by atoms with van der Waals surface area (Å²) in [5.74, 6) is -0.382. The van der Waals surface area contributed by atoms with Crippen molar-refractivity contribution in [2.45, 2.75) is 5.22 Å². The molecule has 0 atom stereocenters. The largest absolute Gasteiger partial charge is 0.411 e. The van der Waals surface area contributed by atoms with E-state index in [1.165, 1.54) is 18.2 Å². The molecule has 0 unspecified atom stereocenters. The quantitative estimate of drug-likeness (QED) is 0.443. The normalized spacial score (nSPS) is 10.9. The van der Waals surface area contributed by atoms with E-state index < -0.39 is 5.82 Å². The van der Waals surface area contributed by atoms with E-state index in [2.05, 4.69) is 15.5 Å². The number of aromatic nitrogens is 2. The van der Waals surface area contributed by atoms with E-state index in [0.29, 0.717) is 11.6 Å². The Hall–Kier alpha value is -2.90. The molecule has 0 saturated heterocycles. The van der Waals surface area contributed by atoms with Crippen molar-refractivity contribution in [3.05, 3.63) is 71.5 Å². The van der Waals surface area contributed by atoms with Crippen molar-refractivity contribution in [2.75, 3.05) is 11.1 Å². The number of nitrogens with zero attached hydrogens (tertiary/aromatic N) is 2. The number of anilines is 1. The van der Waals surface area contributed by atoms with E-state index in [4.69, 9.17) is 16.0 Å². The Morgan fingerprint density at radius 1 is 1.07 bits per heavy atom. The second-order valence-corrected chi connectivity index (χ2v) is 7.23. The highest BCUT2D eigenvalue weighted by Gasteiger charge is 2.12. The number of benzene rings is 3. The van der Waals surface area contributed by atoms with Crippen LogP contribution in [0.15, 0.2) is 70.3 Å². The molecule has 8 heteroatoms. The van der Waals surface area contributed by atoms with Crippen molar-refractivity contribution in [1.82, 2.24) is 10.2 Å². The topological polar surface area (TPSA) is 68.0 Å². The van der Waals surface area contributed by atoms with Crippen molar-refractivity contribution in [3.63, 3.8) is 0 Å². The Labute approximate surface area is 168 Å². The fourth-order valence-electron chi connectivity index (χ4n) is 2.61. The highest BCUT2D eigenvalue weighted by atomic mass is 35.5. The molecule has 0 fully saturated rings. The minimum atomic E-state index is -0.541. The van der Waals surface area contributed by atoms with E-state index in [0.717, 1.165) is 28.1 Å². The van der Waals surface area contributed by atoms with Crippen LogP contribution in [0, 0.1) is 5.82 Å². The predicted molar refractivity (Wildman–Crippen MR) is 108 cm³/mol. The summed E-state index contributed by atoms with van der Waals surface area (Å²) in [6.07, 6.45) is 0. The third kappa shape index (κ3) is 4.16. The first-order valence-corrected chi connectivity index (χ1v) is 9.65. The molecule has 0 bridgehead atoms. The molecule has 3 aromatic carbocycles. The molecule has 28 heavy (non-hydrogen) atoms. The number of amides is 1. The second kappa shape index (κ2) is 8.00. The molecular weight excluding hydrogens is 401 g/mol. The molecule has 1 heterocycles. The molecule has 0 aliphatic carbocycles. The Kier molecular flexibility index (Phi) is 5.27. The molecule has 140 valence electrons. The number of hydrogen-bond donors (Lipinski definition) is 1. The number of rotatable bonds is 5. The molecule has 1 N–H and O–H groups in total. The van der Waals surface area contributed by atoms with Gasteiger partial charge in [0.1, 0.15) is 5.82 Å². The number of carbonyl (C=O) groups is 1. The lowest BCUT2D eigenvalue weighted by Gasteiger charge is -2.04. The summed E-state index contributed by atoms with van der Waals surface area (Å²) >= 11 is 6.82. The van der Waals surface area contributed by atoms with Crippen molar-refractivity contribution in [3.8, 4) is 11.5 Å². The average Bonchev–Trinajstić information content (AvgIpc) is 3.18. The van der Waals surface area contributed by atoms with Crippen LogP contribution in [-0.2, 0) is 4.79 Å². The lowest BCUT2D eigenvalue weighted by atomic mass is 10.1. The van der Waals surface area contributed by atoms with E-state index in [-0.39, 0.29) is 21.9 Å². The average molecular weight is 414 g/mol. The molecule has 5 nitrogen and oxygen atoms in total. The minimum Gasteiger partial charge on any atom is -0.411 e. The number of nitrogens with one attached hydrogen (secondary N) is 1. The number of hydrogen-bond acceptors (Lipinski definition) is 5. The highest BCUT2D eigenvalue weighted by molar-refractivity contribution is 7.99. The van der Waals surface area contributed by atoms with E-state index in [9.17, 15) is 9.18 Å². The fourth-order valence-corrected chi connectivity index (χ4v) is 3.35. The molecule has 0 saturated carbocycles. The molecular formula is C20H13ClFN3O2S. The van der Waals surface area contributed by atoms with Gasteiger partial charge in [-0.15, -0.1) is 10.2 Å².